The van der Waals surface area contributed by atoms with Crippen LogP contribution in [0.3, 0.4) is 0 Å². The van der Waals surface area contributed by atoms with Crippen molar-refractivity contribution in [1.29, 1.82) is 0 Å². The van der Waals surface area contributed by atoms with Crippen LogP contribution >= 0.6 is 0 Å². The Morgan fingerprint density at radius 1 is 1.31 bits per heavy atom. The van der Waals surface area contributed by atoms with Crippen molar-refractivity contribution in [2.24, 2.45) is 0 Å². The van der Waals surface area contributed by atoms with Gasteiger partial charge in [0.1, 0.15) is 12.2 Å². The third kappa shape index (κ3) is 1.59. The Kier molecular flexibility index (Phi) is 2.08. The van der Waals surface area contributed by atoms with Crippen molar-refractivity contribution in [2.75, 3.05) is 0 Å². The molecule has 0 saturated heterocycles. The number of benzene rings is 1. The molecule has 0 fully saturated rings. The molecular formula is C10H12N3+. The number of hydrogen-bond acceptors (Lipinski definition) is 1. The van der Waals surface area contributed by atoms with E-state index in [0.29, 0.717) is 0 Å². The highest BCUT2D eigenvalue weighted by molar-refractivity contribution is 5.20. The first kappa shape index (κ1) is 7.98. The number of nitrogens with zero attached hydrogens (tertiary/aromatic N) is 3. The molecule has 1 aromatic heterocycles. The van der Waals surface area contributed by atoms with Crippen molar-refractivity contribution in [1.82, 2.24) is 9.78 Å². The Bertz CT molecular complexity index is 378. The lowest BCUT2D eigenvalue weighted by molar-refractivity contribution is -0.596. The molecule has 2 aromatic rings. The summed E-state index contributed by atoms with van der Waals surface area (Å²) in [5.74, 6) is 0. The van der Waals surface area contributed by atoms with E-state index in [4.69, 9.17) is 0 Å². The van der Waals surface area contributed by atoms with Crippen LogP contribution in [0.4, 0.5) is 0 Å². The average molecular weight is 174 g/mol. The van der Waals surface area contributed by atoms with Crippen LogP contribution in [0.5, 0.6) is 0 Å². The second kappa shape index (κ2) is 3.39. The molecule has 0 aliphatic carbocycles. The summed E-state index contributed by atoms with van der Waals surface area (Å²) in [5.41, 5.74) is 1.14. The summed E-state index contributed by atoms with van der Waals surface area (Å²) in [6.45, 7) is 2.97. The maximum absolute atomic E-state index is 4.19. The second-order valence-electron chi connectivity index (χ2n) is 2.84. The number of para-hydroxylation sites is 1. The van der Waals surface area contributed by atoms with Gasteiger partial charge in [-0.2, -0.15) is 0 Å². The van der Waals surface area contributed by atoms with E-state index in [-0.39, 0.29) is 0 Å². The molecule has 0 atom stereocenters. The van der Waals surface area contributed by atoms with Gasteiger partial charge in [-0.05, 0) is 19.1 Å². The van der Waals surface area contributed by atoms with E-state index >= 15 is 0 Å². The monoisotopic (exact) mass is 174 g/mol. The van der Waals surface area contributed by atoms with E-state index in [1.807, 2.05) is 40.1 Å². The molecule has 0 radical (unpaired) electrons. The van der Waals surface area contributed by atoms with E-state index in [2.05, 4.69) is 24.2 Å². The smallest absolute Gasteiger partial charge is 0.203 e. The van der Waals surface area contributed by atoms with Gasteiger partial charge in [0.05, 0.1) is 0 Å². The number of hydrogen-bond donors (Lipinski definition) is 0. The fourth-order valence-corrected chi connectivity index (χ4v) is 1.22. The molecule has 13 heavy (non-hydrogen) atoms. The summed E-state index contributed by atoms with van der Waals surface area (Å²) in [4.78, 5) is 0. The van der Waals surface area contributed by atoms with Crippen LogP contribution in [-0.4, -0.2) is 9.78 Å². The largest absolute Gasteiger partial charge is 0.270 e. The van der Waals surface area contributed by atoms with Crippen molar-refractivity contribution >= 4 is 0 Å². The molecule has 1 heterocycles. The highest BCUT2D eigenvalue weighted by atomic mass is 15.3. The average Bonchev–Trinajstić information content (AvgIpc) is 2.67. The van der Waals surface area contributed by atoms with Gasteiger partial charge in [-0.1, -0.05) is 18.2 Å². The first-order chi connectivity index (χ1) is 6.40. The zero-order valence-corrected chi connectivity index (χ0v) is 7.59. The maximum atomic E-state index is 4.19. The Balaban J connectivity index is 2.36. The predicted octanol–water partition coefficient (Wildman–Crippen LogP) is 1.18. The molecular weight excluding hydrogens is 162 g/mol. The second-order valence-corrected chi connectivity index (χ2v) is 2.84. The molecule has 0 bridgehead atoms. The highest BCUT2D eigenvalue weighted by Crippen LogP contribution is 1.96. The standard InChI is InChI=1S/C10H12N3/c1-2-13-9-12(8-11-13)10-6-4-3-5-7-10/h3-9H,2H2,1H3/q+1. The van der Waals surface area contributed by atoms with Crippen LogP contribution in [0, 0.1) is 0 Å². The zero-order chi connectivity index (χ0) is 9.10. The topological polar surface area (TPSA) is 21.7 Å². The third-order valence-corrected chi connectivity index (χ3v) is 1.96. The molecule has 0 N–H and O–H groups in total. The van der Waals surface area contributed by atoms with Crippen LogP contribution in [0.2, 0.25) is 0 Å². The van der Waals surface area contributed by atoms with E-state index in [1.165, 1.54) is 0 Å². The summed E-state index contributed by atoms with van der Waals surface area (Å²) in [7, 11) is 0. The van der Waals surface area contributed by atoms with Gasteiger partial charge in [0, 0.05) is 5.10 Å². The van der Waals surface area contributed by atoms with Crippen molar-refractivity contribution in [3.05, 3.63) is 43.0 Å². The molecule has 0 aliphatic rings. The lowest BCUT2D eigenvalue weighted by atomic mass is 10.3. The van der Waals surface area contributed by atoms with E-state index in [0.717, 1.165) is 12.2 Å². The molecule has 3 heteroatoms. The van der Waals surface area contributed by atoms with Crippen molar-refractivity contribution in [3.8, 4) is 5.69 Å². The molecule has 2 rings (SSSR count). The summed E-state index contributed by atoms with van der Waals surface area (Å²) in [6, 6.07) is 10.2. The van der Waals surface area contributed by atoms with Crippen LogP contribution in [0.25, 0.3) is 5.69 Å². The Morgan fingerprint density at radius 2 is 2.08 bits per heavy atom. The van der Waals surface area contributed by atoms with Gasteiger partial charge in [-0.15, -0.1) is 4.68 Å². The maximum Gasteiger partial charge on any atom is 0.270 e. The lowest BCUT2D eigenvalue weighted by Crippen LogP contribution is -2.27. The van der Waals surface area contributed by atoms with Crippen molar-refractivity contribution in [3.63, 3.8) is 0 Å². The predicted molar refractivity (Wildman–Crippen MR) is 49.4 cm³/mol. The summed E-state index contributed by atoms with van der Waals surface area (Å²) < 4.78 is 3.90. The van der Waals surface area contributed by atoms with Gasteiger partial charge < -0.3 is 0 Å². The van der Waals surface area contributed by atoms with E-state index in [9.17, 15) is 0 Å². The van der Waals surface area contributed by atoms with Gasteiger partial charge in [0.2, 0.25) is 6.33 Å². The van der Waals surface area contributed by atoms with Gasteiger partial charge in [0.15, 0.2) is 0 Å². The molecule has 0 aliphatic heterocycles. The molecule has 3 nitrogen and oxygen atoms in total. The van der Waals surface area contributed by atoms with E-state index in [1.54, 1.807) is 0 Å². The van der Waals surface area contributed by atoms with Crippen LogP contribution in [0.15, 0.2) is 43.0 Å². The van der Waals surface area contributed by atoms with Crippen LogP contribution in [-0.2, 0) is 6.54 Å². The fraction of sp³-hybridized carbons (Fsp3) is 0.200. The Morgan fingerprint density at radius 3 is 2.69 bits per heavy atom. The molecule has 66 valence electrons. The summed E-state index contributed by atoms with van der Waals surface area (Å²) >= 11 is 0. The lowest BCUT2D eigenvalue weighted by Gasteiger charge is -1.92. The number of aromatic nitrogens is 3. The quantitative estimate of drug-likeness (QED) is 0.626. The Hall–Kier alpha value is -1.64. The van der Waals surface area contributed by atoms with Crippen molar-refractivity contribution < 1.29 is 4.57 Å². The molecule has 1 aromatic carbocycles. The van der Waals surface area contributed by atoms with Crippen molar-refractivity contribution in [2.45, 2.75) is 13.5 Å². The molecule has 0 spiro atoms. The highest BCUT2D eigenvalue weighted by Gasteiger charge is 2.04. The van der Waals surface area contributed by atoms with Gasteiger partial charge in [0.25, 0.3) is 6.33 Å². The minimum absolute atomic E-state index is 0.903. The van der Waals surface area contributed by atoms with Gasteiger partial charge >= 0.3 is 0 Å². The van der Waals surface area contributed by atoms with Crippen LogP contribution < -0.4 is 4.57 Å². The fourth-order valence-electron chi connectivity index (χ4n) is 1.22. The minimum atomic E-state index is 0.903. The Labute approximate surface area is 77.3 Å². The summed E-state index contributed by atoms with van der Waals surface area (Å²) in [5, 5.41) is 4.19. The zero-order valence-electron chi connectivity index (χ0n) is 7.59. The normalized spacial score (nSPS) is 10.2. The SMILES string of the molecule is CCn1c[n+](-c2ccccc2)cn1. The minimum Gasteiger partial charge on any atom is -0.203 e. The molecule has 0 amide bonds. The number of rotatable bonds is 2. The van der Waals surface area contributed by atoms with E-state index < -0.39 is 0 Å². The first-order valence-corrected chi connectivity index (χ1v) is 4.39. The third-order valence-electron chi connectivity index (χ3n) is 1.96. The summed E-state index contributed by atoms with van der Waals surface area (Å²) in [6.07, 6.45) is 3.80. The molecule has 0 unspecified atom stereocenters. The van der Waals surface area contributed by atoms with Crippen LogP contribution in [0.1, 0.15) is 6.92 Å². The first-order valence-electron chi connectivity index (χ1n) is 4.39. The van der Waals surface area contributed by atoms with Gasteiger partial charge in [-0.25, -0.2) is 4.57 Å². The number of aryl methyl sites for hydroxylation is 1. The van der Waals surface area contributed by atoms with Gasteiger partial charge in [-0.3, -0.25) is 0 Å². The molecule has 0 saturated carbocycles.